The third-order valence-electron chi connectivity index (χ3n) is 4.28. The Morgan fingerprint density at radius 3 is 2.54 bits per heavy atom. The number of fused-ring (bicyclic) bond motifs is 1. The molecule has 1 atom stereocenters. The molecule has 1 aromatic heterocycles. The summed E-state index contributed by atoms with van der Waals surface area (Å²) >= 11 is 0. The van der Waals surface area contributed by atoms with Gasteiger partial charge >= 0.3 is 0 Å². The molecule has 0 aliphatic rings. The van der Waals surface area contributed by atoms with Crippen LogP contribution in [-0.2, 0) is 13.0 Å². The van der Waals surface area contributed by atoms with Crippen molar-refractivity contribution in [3.8, 4) is 5.75 Å². The molecule has 0 saturated heterocycles. The summed E-state index contributed by atoms with van der Waals surface area (Å²) < 4.78 is 7.93. The molecule has 0 aliphatic heterocycles. The van der Waals surface area contributed by atoms with Crippen molar-refractivity contribution in [2.45, 2.75) is 39.3 Å². The fraction of sp³-hybridized carbons (Fsp3) is 0.350. The minimum absolute atomic E-state index is 0.537. The molecule has 0 aliphatic carbocycles. The summed E-state index contributed by atoms with van der Waals surface area (Å²) in [6, 6.07) is 16.2. The fourth-order valence-corrected chi connectivity index (χ4v) is 2.84. The van der Waals surface area contributed by atoms with Gasteiger partial charge in [-0.1, -0.05) is 38.1 Å². The first-order valence-electron chi connectivity index (χ1n) is 8.58. The van der Waals surface area contributed by atoms with Crippen molar-refractivity contribution in [2.24, 2.45) is 0 Å². The topological polar surface area (TPSA) is 47.3 Å². The average molecular weight is 324 g/mol. The standard InChI is InChI=1S/C20H24N2O2/c1-3-15-9-11-16(12-10-15)24-14-13-22-18-8-6-5-7-17(18)21-20(22)19(23)4-2/h5-12,19,23H,3-4,13-14H2,1-2H3/t19-/m1/s1. The smallest absolute Gasteiger partial charge is 0.138 e. The van der Waals surface area contributed by atoms with E-state index in [9.17, 15) is 5.11 Å². The lowest BCUT2D eigenvalue weighted by Crippen LogP contribution is -2.13. The van der Waals surface area contributed by atoms with E-state index < -0.39 is 6.10 Å². The normalized spacial score (nSPS) is 12.5. The maximum Gasteiger partial charge on any atom is 0.138 e. The number of aromatic nitrogens is 2. The van der Waals surface area contributed by atoms with Crippen molar-refractivity contribution in [2.75, 3.05) is 6.61 Å². The Balaban J connectivity index is 1.76. The third kappa shape index (κ3) is 3.44. The molecule has 0 saturated carbocycles. The number of aryl methyl sites for hydroxylation is 1. The lowest BCUT2D eigenvalue weighted by molar-refractivity contribution is 0.157. The van der Waals surface area contributed by atoms with Gasteiger partial charge in [-0.2, -0.15) is 0 Å². The summed E-state index contributed by atoms with van der Waals surface area (Å²) in [5.41, 5.74) is 3.24. The number of hydrogen-bond donors (Lipinski definition) is 1. The lowest BCUT2D eigenvalue weighted by atomic mass is 10.2. The van der Waals surface area contributed by atoms with E-state index >= 15 is 0 Å². The van der Waals surface area contributed by atoms with Gasteiger partial charge in [0.15, 0.2) is 0 Å². The van der Waals surface area contributed by atoms with Crippen molar-refractivity contribution in [1.82, 2.24) is 9.55 Å². The molecular weight excluding hydrogens is 300 g/mol. The molecule has 4 heteroatoms. The van der Waals surface area contributed by atoms with Crippen molar-refractivity contribution in [1.29, 1.82) is 0 Å². The quantitative estimate of drug-likeness (QED) is 0.711. The fourth-order valence-electron chi connectivity index (χ4n) is 2.84. The second-order valence-electron chi connectivity index (χ2n) is 5.88. The molecule has 2 aromatic carbocycles. The van der Waals surface area contributed by atoms with E-state index in [2.05, 4.69) is 28.6 Å². The van der Waals surface area contributed by atoms with Crippen LogP contribution in [0.25, 0.3) is 11.0 Å². The minimum Gasteiger partial charge on any atom is -0.492 e. The van der Waals surface area contributed by atoms with Crippen LogP contribution in [0.1, 0.15) is 37.8 Å². The number of rotatable bonds is 7. The van der Waals surface area contributed by atoms with Crippen LogP contribution in [0.2, 0.25) is 0 Å². The van der Waals surface area contributed by atoms with Crippen molar-refractivity contribution < 1.29 is 9.84 Å². The van der Waals surface area contributed by atoms with Gasteiger partial charge in [-0.05, 0) is 42.7 Å². The first-order valence-corrected chi connectivity index (χ1v) is 8.58. The minimum atomic E-state index is -0.554. The van der Waals surface area contributed by atoms with Gasteiger partial charge in [0.1, 0.15) is 24.3 Å². The zero-order valence-electron chi connectivity index (χ0n) is 14.3. The van der Waals surface area contributed by atoms with Gasteiger partial charge in [-0.25, -0.2) is 4.98 Å². The van der Waals surface area contributed by atoms with Crippen LogP contribution in [0.4, 0.5) is 0 Å². The Kier molecular flexibility index (Phi) is 5.16. The zero-order chi connectivity index (χ0) is 16.9. The SMILES string of the molecule is CCc1ccc(OCCn2c([C@H](O)CC)nc3ccccc32)cc1. The number of nitrogens with zero attached hydrogens (tertiary/aromatic N) is 2. The van der Waals surface area contributed by atoms with Crippen molar-refractivity contribution >= 4 is 11.0 Å². The van der Waals surface area contributed by atoms with Crippen LogP contribution in [-0.4, -0.2) is 21.3 Å². The Morgan fingerprint density at radius 1 is 1.08 bits per heavy atom. The summed E-state index contributed by atoms with van der Waals surface area (Å²) in [4.78, 5) is 4.59. The molecule has 0 amide bonds. The molecule has 0 unspecified atom stereocenters. The van der Waals surface area contributed by atoms with Crippen LogP contribution < -0.4 is 4.74 Å². The second kappa shape index (κ2) is 7.49. The highest BCUT2D eigenvalue weighted by atomic mass is 16.5. The van der Waals surface area contributed by atoms with Crippen molar-refractivity contribution in [3.63, 3.8) is 0 Å². The predicted octanol–water partition coefficient (Wildman–Crippen LogP) is 4.12. The maximum atomic E-state index is 10.3. The molecule has 4 nitrogen and oxygen atoms in total. The molecule has 126 valence electrons. The Bertz CT molecular complexity index is 793. The van der Waals surface area contributed by atoms with Gasteiger partial charge in [-0.15, -0.1) is 0 Å². The summed E-state index contributed by atoms with van der Waals surface area (Å²) in [7, 11) is 0. The van der Waals surface area contributed by atoms with Gasteiger partial charge in [-0.3, -0.25) is 0 Å². The Labute approximate surface area is 142 Å². The summed E-state index contributed by atoms with van der Waals surface area (Å²) in [6.45, 7) is 5.29. The van der Waals surface area contributed by atoms with Crippen LogP contribution in [0, 0.1) is 0 Å². The van der Waals surface area contributed by atoms with E-state index in [1.165, 1.54) is 5.56 Å². The summed E-state index contributed by atoms with van der Waals surface area (Å²) in [5.74, 6) is 1.58. The van der Waals surface area contributed by atoms with Gasteiger partial charge < -0.3 is 14.4 Å². The molecule has 0 bridgehead atoms. The second-order valence-corrected chi connectivity index (χ2v) is 5.88. The molecule has 1 N–H and O–H groups in total. The van der Waals surface area contributed by atoms with E-state index in [-0.39, 0.29) is 0 Å². The first-order chi connectivity index (χ1) is 11.7. The highest BCUT2D eigenvalue weighted by Gasteiger charge is 2.16. The highest BCUT2D eigenvalue weighted by Crippen LogP contribution is 2.22. The summed E-state index contributed by atoms with van der Waals surface area (Å²) in [5, 5.41) is 10.3. The van der Waals surface area contributed by atoms with Gasteiger partial charge in [0, 0.05) is 0 Å². The van der Waals surface area contributed by atoms with Crippen LogP contribution >= 0.6 is 0 Å². The van der Waals surface area contributed by atoms with Crippen LogP contribution in [0.5, 0.6) is 5.75 Å². The number of benzene rings is 2. The highest BCUT2D eigenvalue weighted by molar-refractivity contribution is 5.76. The average Bonchev–Trinajstić information content (AvgIpc) is 3.00. The number of ether oxygens (including phenoxy) is 1. The lowest BCUT2D eigenvalue weighted by Gasteiger charge is -2.13. The molecule has 3 rings (SSSR count). The Hall–Kier alpha value is -2.33. The number of para-hydroxylation sites is 2. The van der Waals surface area contributed by atoms with E-state index in [0.29, 0.717) is 25.4 Å². The molecule has 3 aromatic rings. The molecule has 0 spiro atoms. The monoisotopic (exact) mass is 324 g/mol. The van der Waals surface area contributed by atoms with Crippen molar-refractivity contribution in [3.05, 3.63) is 59.9 Å². The molecular formula is C20H24N2O2. The number of imidazole rings is 1. The number of aliphatic hydroxyl groups is 1. The first kappa shape index (κ1) is 16.5. The Morgan fingerprint density at radius 2 is 1.83 bits per heavy atom. The van der Waals surface area contributed by atoms with E-state index in [0.717, 1.165) is 23.2 Å². The van der Waals surface area contributed by atoms with Gasteiger partial charge in [0.2, 0.25) is 0 Å². The van der Waals surface area contributed by atoms with E-state index in [1.54, 1.807) is 0 Å². The van der Waals surface area contributed by atoms with Crippen LogP contribution in [0.15, 0.2) is 48.5 Å². The zero-order valence-corrected chi connectivity index (χ0v) is 14.3. The largest absolute Gasteiger partial charge is 0.492 e. The third-order valence-corrected chi connectivity index (χ3v) is 4.28. The predicted molar refractivity (Wildman–Crippen MR) is 96.3 cm³/mol. The van der Waals surface area contributed by atoms with Crippen LogP contribution in [0.3, 0.4) is 0 Å². The molecule has 1 heterocycles. The molecule has 0 radical (unpaired) electrons. The maximum absolute atomic E-state index is 10.3. The van der Waals surface area contributed by atoms with Gasteiger partial charge in [0.25, 0.3) is 0 Å². The van der Waals surface area contributed by atoms with E-state index in [4.69, 9.17) is 4.74 Å². The summed E-state index contributed by atoms with van der Waals surface area (Å²) in [6.07, 6.45) is 1.11. The van der Waals surface area contributed by atoms with E-state index in [1.807, 2.05) is 43.3 Å². The van der Waals surface area contributed by atoms with Gasteiger partial charge in [0.05, 0.1) is 17.6 Å². The molecule has 0 fully saturated rings. The number of hydrogen-bond acceptors (Lipinski definition) is 3. The molecule has 24 heavy (non-hydrogen) atoms. The number of aliphatic hydroxyl groups excluding tert-OH is 1.